The zero-order valence-electron chi connectivity index (χ0n) is 17.4. The van der Waals surface area contributed by atoms with Crippen LogP contribution >= 0.6 is 0 Å². The van der Waals surface area contributed by atoms with E-state index in [0.717, 1.165) is 23.2 Å². The van der Waals surface area contributed by atoms with E-state index in [4.69, 9.17) is 0 Å². The Balaban J connectivity index is 1.56. The summed E-state index contributed by atoms with van der Waals surface area (Å²) in [5.74, 6) is 0.551. The molecule has 1 aromatic heterocycles. The van der Waals surface area contributed by atoms with Crippen LogP contribution in [-0.4, -0.2) is 18.9 Å². The third-order valence-electron chi connectivity index (χ3n) is 6.04. The molecule has 156 valence electrons. The summed E-state index contributed by atoms with van der Waals surface area (Å²) in [6, 6.07) is 14.0. The van der Waals surface area contributed by atoms with Crippen molar-refractivity contribution in [3.63, 3.8) is 0 Å². The number of aromatic amines is 1. The third-order valence-corrected chi connectivity index (χ3v) is 7.80. The van der Waals surface area contributed by atoms with Gasteiger partial charge in [-0.25, -0.2) is 13.1 Å². The molecule has 5 rings (SSSR count). The van der Waals surface area contributed by atoms with Gasteiger partial charge >= 0.3 is 0 Å². The number of sulfonamides is 1. The molecule has 5 nitrogen and oxygen atoms in total. The number of hydrogen-bond donors (Lipinski definition) is 3. The minimum Gasteiger partial charge on any atom is -0.378 e. The van der Waals surface area contributed by atoms with E-state index in [-0.39, 0.29) is 12.0 Å². The van der Waals surface area contributed by atoms with Crippen LogP contribution in [0.3, 0.4) is 0 Å². The molecule has 0 saturated heterocycles. The van der Waals surface area contributed by atoms with Crippen molar-refractivity contribution >= 4 is 26.6 Å². The molecule has 0 fully saturated rings. The highest BCUT2D eigenvalue weighted by Gasteiger charge is 2.39. The van der Waals surface area contributed by atoms with Crippen LogP contribution in [0.5, 0.6) is 0 Å². The van der Waals surface area contributed by atoms with Gasteiger partial charge in [-0.05, 0) is 68.5 Å². The van der Waals surface area contributed by atoms with Gasteiger partial charge in [0.05, 0.1) is 10.9 Å². The van der Waals surface area contributed by atoms with E-state index >= 15 is 0 Å². The average Bonchev–Trinajstić information content (AvgIpc) is 3.32. The van der Waals surface area contributed by atoms with Crippen LogP contribution in [0.1, 0.15) is 50.3 Å². The first-order valence-corrected chi connectivity index (χ1v) is 11.9. The Morgan fingerprint density at radius 3 is 2.67 bits per heavy atom. The predicted octanol–water partition coefficient (Wildman–Crippen LogP) is 5.07. The smallest absolute Gasteiger partial charge is 0.241 e. The minimum absolute atomic E-state index is 0.170. The molecule has 0 spiro atoms. The van der Waals surface area contributed by atoms with Crippen LogP contribution in [0, 0.1) is 5.92 Å². The largest absolute Gasteiger partial charge is 0.378 e. The molecule has 6 heteroatoms. The lowest BCUT2D eigenvalue weighted by molar-refractivity contribution is 0.426. The fraction of sp³-hybridized carbons (Fsp3) is 0.333. The number of allylic oxidation sites excluding steroid dienone is 2. The van der Waals surface area contributed by atoms with Crippen molar-refractivity contribution in [2.45, 2.75) is 49.6 Å². The van der Waals surface area contributed by atoms with Gasteiger partial charge in [-0.15, -0.1) is 0 Å². The van der Waals surface area contributed by atoms with E-state index in [2.05, 4.69) is 51.6 Å². The molecule has 0 amide bonds. The fourth-order valence-electron chi connectivity index (χ4n) is 4.86. The average molecular weight is 422 g/mol. The first-order valence-electron chi connectivity index (χ1n) is 10.4. The van der Waals surface area contributed by atoms with Crippen LogP contribution < -0.4 is 10.0 Å². The molecule has 0 saturated carbocycles. The van der Waals surface area contributed by atoms with Crippen LogP contribution in [0.15, 0.2) is 65.7 Å². The topological polar surface area (TPSA) is 74.0 Å². The second-order valence-corrected chi connectivity index (χ2v) is 11.1. The Morgan fingerprint density at radius 1 is 1.07 bits per heavy atom. The van der Waals surface area contributed by atoms with Crippen molar-refractivity contribution in [3.8, 4) is 0 Å². The Labute approximate surface area is 177 Å². The highest BCUT2D eigenvalue weighted by molar-refractivity contribution is 7.89. The normalized spacial score (nSPS) is 23.2. The van der Waals surface area contributed by atoms with Gasteiger partial charge in [0, 0.05) is 34.2 Å². The SMILES string of the molecule is CC(C)(C)NS(=O)(=O)c1ccc2c(c1)C1C=CCC1C(c1c[nH]c3ccccc13)N2. The summed E-state index contributed by atoms with van der Waals surface area (Å²) in [5.41, 5.74) is 3.94. The molecule has 1 aliphatic carbocycles. The summed E-state index contributed by atoms with van der Waals surface area (Å²) in [4.78, 5) is 3.71. The zero-order valence-corrected chi connectivity index (χ0v) is 18.3. The van der Waals surface area contributed by atoms with Crippen molar-refractivity contribution in [2.24, 2.45) is 5.92 Å². The number of aromatic nitrogens is 1. The minimum atomic E-state index is -3.57. The predicted molar refractivity (Wildman–Crippen MR) is 121 cm³/mol. The van der Waals surface area contributed by atoms with Gasteiger partial charge in [0.2, 0.25) is 10.0 Å². The first-order chi connectivity index (χ1) is 14.2. The highest BCUT2D eigenvalue weighted by Crippen LogP contribution is 2.51. The lowest BCUT2D eigenvalue weighted by Crippen LogP contribution is -2.40. The van der Waals surface area contributed by atoms with Crippen LogP contribution in [-0.2, 0) is 10.0 Å². The summed E-state index contributed by atoms with van der Waals surface area (Å²) in [7, 11) is -3.57. The molecule has 1 aliphatic heterocycles. The second-order valence-electron chi connectivity index (χ2n) is 9.37. The quantitative estimate of drug-likeness (QED) is 0.517. The summed E-state index contributed by atoms with van der Waals surface area (Å²) >= 11 is 0. The Morgan fingerprint density at radius 2 is 1.87 bits per heavy atom. The van der Waals surface area contributed by atoms with Gasteiger partial charge in [-0.1, -0.05) is 30.4 Å². The molecule has 3 aromatic rings. The molecule has 0 radical (unpaired) electrons. The number of hydrogen-bond acceptors (Lipinski definition) is 3. The summed E-state index contributed by atoms with van der Waals surface area (Å²) in [6.45, 7) is 5.56. The van der Waals surface area contributed by atoms with Crippen molar-refractivity contribution in [3.05, 3.63) is 71.9 Å². The maximum Gasteiger partial charge on any atom is 0.241 e. The first kappa shape index (κ1) is 19.4. The second kappa shape index (κ2) is 6.72. The molecule has 2 heterocycles. The number of fused-ring (bicyclic) bond motifs is 4. The van der Waals surface area contributed by atoms with Crippen molar-refractivity contribution in [2.75, 3.05) is 5.32 Å². The van der Waals surface area contributed by atoms with Crippen molar-refractivity contribution in [1.29, 1.82) is 0 Å². The van der Waals surface area contributed by atoms with E-state index in [1.165, 1.54) is 10.9 Å². The number of para-hydroxylation sites is 1. The van der Waals surface area contributed by atoms with Gasteiger partial charge in [0.15, 0.2) is 0 Å². The third kappa shape index (κ3) is 3.24. The number of benzene rings is 2. The van der Waals surface area contributed by atoms with Gasteiger partial charge in [0.25, 0.3) is 0 Å². The van der Waals surface area contributed by atoms with E-state index < -0.39 is 15.6 Å². The van der Waals surface area contributed by atoms with Gasteiger partial charge in [-0.3, -0.25) is 0 Å². The zero-order chi connectivity index (χ0) is 21.1. The van der Waals surface area contributed by atoms with Crippen molar-refractivity contribution in [1.82, 2.24) is 9.71 Å². The fourth-order valence-corrected chi connectivity index (χ4v) is 6.31. The highest BCUT2D eigenvalue weighted by atomic mass is 32.2. The van der Waals surface area contributed by atoms with Gasteiger partial charge in [-0.2, -0.15) is 0 Å². The molecule has 3 atom stereocenters. The monoisotopic (exact) mass is 421 g/mol. The maximum atomic E-state index is 12.9. The molecule has 3 N–H and O–H groups in total. The molecule has 0 bridgehead atoms. The number of rotatable bonds is 3. The van der Waals surface area contributed by atoms with Gasteiger partial charge < -0.3 is 10.3 Å². The number of H-pyrrole nitrogens is 1. The Kier molecular flexibility index (Phi) is 4.35. The van der Waals surface area contributed by atoms with E-state index in [9.17, 15) is 8.42 Å². The molecule has 3 unspecified atom stereocenters. The summed E-state index contributed by atoms with van der Waals surface area (Å²) in [6.07, 6.45) is 7.54. The van der Waals surface area contributed by atoms with Crippen LogP contribution in [0.25, 0.3) is 10.9 Å². The molecule has 2 aromatic carbocycles. The lowest BCUT2D eigenvalue weighted by Gasteiger charge is -2.37. The van der Waals surface area contributed by atoms with Crippen LogP contribution in [0.2, 0.25) is 0 Å². The molecular weight excluding hydrogens is 394 g/mol. The lowest BCUT2D eigenvalue weighted by atomic mass is 9.77. The number of nitrogens with one attached hydrogen (secondary N) is 3. The van der Waals surface area contributed by atoms with Crippen LogP contribution in [0.4, 0.5) is 5.69 Å². The Hall–Kier alpha value is -2.57. The Bertz CT molecular complexity index is 1250. The maximum absolute atomic E-state index is 12.9. The standard InChI is InChI=1S/C24H27N3O2S/c1-24(2,3)27-30(28,29)15-11-12-22-19(13-15)16-8-6-9-18(16)23(26-22)20-14-25-21-10-5-4-7-17(20)21/h4-8,10-14,16,18,23,25-27H,9H2,1-3H3. The van der Waals surface area contributed by atoms with Gasteiger partial charge in [0.1, 0.15) is 0 Å². The summed E-state index contributed by atoms with van der Waals surface area (Å²) in [5, 5.41) is 4.95. The van der Waals surface area contributed by atoms with E-state index in [1.807, 2.05) is 39.0 Å². The number of anilines is 1. The molecule has 2 aliphatic rings. The molecule has 30 heavy (non-hydrogen) atoms. The van der Waals surface area contributed by atoms with Crippen molar-refractivity contribution < 1.29 is 8.42 Å². The van der Waals surface area contributed by atoms with E-state index in [0.29, 0.717) is 10.8 Å². The molecular formula is C24H27N3O2S. The summed E-state index contributed by atoms with van der Waals surface area (Å²) < 4.78 is 28.5. The van der Waals surface area contributed by atoms with E-state index in [1.54, 1.807) is 6.07 Å².